The number of esters is 1. The fourth-order valence-electron chi connectivity index (χ4n) is 4.30. The first-order chi connectivity index (χ1) is 11.1. The van der Waals surface area contributed by atoms with Crippen LogP contribution < -0.4 is 0 Å². The number of piperidine rings is 1. The highest BCUT2D eigenvalue weighted by Crippen LogP contribution is 2.47. The molecule has 4 nitrogen and oxygen atoms in total. The van der Waals surface area contributed by atoms with Gasteiger partial charge in [-0.1, -0.05) is 30.3 Å². The number of likely N-dealkylation sites (tertiary alicyclic amines) is 1. The summed E-state index contributed by atoms with van der Waals surface area (Å²) in [5.74, 6) is 0.187. The predicted molar refractivity (Wildman–Crippen MR) is 88.7 cm³/mol. The Morgan fingerprint density at radius 2 is 2.13 bits per heavy atom. The summed E-state index contributed by atoms with van der Waals surface area (Å²) >= 11 is 0. The van der Waals surface area contributed by atoms with Crippen LogP contribution in [0, 0.1) is 11.3 Å². The molecule has 1 aromatic rings. The summed E-state index contributed by atoms with van der Waals surface area (Å²) in [5, 5.41) is 10.0. The van der Waals surface area contributed by atoms with Crippen molar-refractivity contribution in [2.45, 2.75) is 45.3 Å². The van der Waals surface area contributed by atoms with Crippen LogP contribution in [0.4, 0.5) is 0 Å². The summed E-state index contributed by atoms with van der Waals surface area (Å²) in [5.41, 5.74) is 0.850. The minimum atomic E-state index is -0.428. The third-order valence-electron chi connectivity index (χ3n) is 5.49. The molecule has 1 aliphatic carbocycles. The van der Waals surface area contributed by atoms with Crippen molar-refractivity contribution in [3.63, 3.8) is 0 Å². The molecule has 0 unspecified atom stereocenters. The van der Waals surface area contributed by atoms with Crippen LogP contribution in [0.25, 0.3) is 0 Å². The maximum absolute atomic E-state index is 12.7. The Morgan fingerprint density at radius 1 is 1.35 bits per heavy atom. The van der Waals surface area contributed by atoms with E-state index in [1.165, 1.54) is 5.56 Å². The number of nitrogens with zero attached hydrogens (tertiary/aromatic N) is 1. The molecule has 0 spiro atoms. The molecule has 126 valence electrons. The van der Waals surface area contributed by atoms with E-state index in [0.29, 0.717) is 13.0 Å². The van der Waals surface area contributed by atoms with Crippen molar-refractivity contribution >= 4 is 5.97 Å². The van der Waals surface area contributed by atoms with Crippen molar-refractivity contribution in [1.29, 1.82) is 0 Å². The molecule has 2 fully saturated rings. The van der Waals surface area contributed by atoms with Crippen LogP contribution in [0.5, 0.6) is 0 Å². The Labute approximate surface area is 138 Å². The minimum Gasteiger partial charge on any atom is -0.466 e. The van der Waals surface area contributed by atoms with Gasteiger partial charge in [-0.25, -0.2) is 0 Å². The summed E-state index contributed by atoms with van der Waals surface area (Å²) in [7, 11) is 0. The second-order valence-electron chi connectivity index (χ2n) is 6.99. The smallest absolute Gasteiger partial charge is 0.313 e. The third kappa shape index (κ3) is 3.43. The number of aliphatic hydroxyl groups excluding tert-OH is 1. The maximum atomic E-state index is 12.7. The number of hydrogen-bond acceptors (Lipinski definition) is 4. The zero-order valence-corrected chi connectivity index (χ0v) is 13.9. The number of fused-ring (bicyclic) bond motifs is 1. The van der Waals surface area contributed by atoms with Gasteiger partial charge in [-0.2, -0.15) is 0 Å². The van der Waals surface area contributed by atoms with Crippen LogP contribution in [0.2, 0.25) is 0 Å². The standard InChI is InChI=1S/C19H27NO3/c1-2-23-18(22)19-10-8-17(21)12-16(19)9-11-20(14-19)13-15-6-4-3-5-7-15/h3-7,16-17,21H,2,8-14H2,1H3/t16-,17-,19+/m0/s1. The van der Waals surface area contributed by atoms with Gasteiger partial charge in [0.25, 0.3) is 0 Å². The lowest BCUT2D eigenvalue weighted by Gasteiger charge is -2.50. The van der Waals surface area contributed by atoms with Crippen molar-refractivity contribution in [3.8, 4) is 0 Å². The second-order valence-corrected chi connectivity index (χ2v) is 6.99. The van der Waals surface area contributed by atoms with Crippen LogP contribution >= 0.6 is 0 Å². The molecular weight excluding hydrogens is 290 g/mol. The van der Waals surface area contributed by atoms with Crippen molar-refractivity contribution in [3.05, 3.63) is 35.9 Å². The van der Waals surface area contributed by atoms with Crippen molar-refractivity contribution in [1.82, 2.24) is 4.90 Å². The molecular formula is C19H27NO3. The number of carbonyl (C=O) groups excluding carboxylic acids is 1. The van der Waals surface area contributed by atoms with Gasteiger partial charge >= 0.3 is 5.97 Å². The Balaban J connectivity index is 1.77. The fraction of sp³-hybridized carbons (Fsp3) is 0.632. The number of ether oxygens (including phenoxy) is 1. The van der Waals surface area contributed by atoms with Crippen LogP contribution in [-0.2, 0) is 16.1 Å². The van der Waals surface area contributed by atoms with Crippen LogP contribution in [-0.4, -0.2) is 41.8 Å². The van der Waals surface area contributed by atoms with Crippen LogP contribution in [0.1, 0.15) is 38.2 Å². The molecule has 23 heavy (non-hydrogen) atoms. The number of hydrogen-bond donors (Lipinski definition) is 1. The molecule has 1 heterocycles. The highest BCUT2D eigenvalue weighted by atomic mass is 16.5. The van der Waals surface area contributed by atoms with Gasteiger partial charge < -0.3 is 9.84 Å². The van der Waals surface area contributed by atoms with E-state index in [-0.39, 0.29) is 18.0 Å². The van der Waals surface area contributed by atoms with E-state index >= 15 is 0 Å². The molecule has 1 N–H and O–H groups in total. The number of aliphatic hydroxyl groups is 1. The van der Waals surface area contributed by atoms with E-state index in [0.717, 1.165) is 38.9 Å². The number of rotatable bonds is 4. The maximum Gasteiger partial charge on any atom is 0.313 e. The van der Waals surface area contributed by atoms with E-state index < -0.39 is 5.41 Å². The van der Waals surface area contributed by atoms with Gasteiger partial charge in [0, 0.05) is 13.1 Å². The van der Waals surface area contributed by atoms with Gasteiger partial charge in [0.2, 0.25) is 0 Å². The van der Waals surface area contributed by atoms with Crippen LogP contribution in [0.3, 0.4) is 0 Å². The zero-order valence-electron chi connectivity index (χ0n) is 13.9. The van der Waals surface area contributed by atoms with Gasteiger partial charge in [-0.05, 0) is 50.6 Å². The van der Waals surface area contributed by atoms with Gasteiger partial charge in [0.05, 0.1) is 18.1 Å². The first-order valence-electron chi connectivity index (χ1n) is 8.75. The van der Waals surface area contributed by atoms with Crippen molar-refractivity contribution in [2.24, 2.45) is 11.3 Å². The lowest BCUT2D eigenvalue weighted by molar-refractivity contribution is -0.170. The summed E-state index contributed by atoms with van der Waals surface area (Å²) in [6.07, 6.45) is 2.88. The average molecular weight is 317 g/mol. The second kappa shape index (κ2) is 7.02. The largest absolute Gasteiger partial charge is 0.466 e. The quantitative estimate of drug-likeness (QED) is 0.867. The molecule has 0 bridgehead atoms. The molecule has 3 atom stereocenters. The Morgan fingerprint density at radius 3 is 2.87 bits per heavy atom. The van der Waals surface area contributed by atoms with Gasteiger partial charge in [-0.3, -0.25) is 9.69 Å². The first-order valence-corrected chi connectivity index (χ1v) is 8.75. The highest BCUT2D eigenvalue weighted by Gasteiger charge is 2.52. The Bertz CT molecular complexity index is 533. The van der Waals surface area contributed by atoms with Gasteiger partial charge in [0.15, 0.2) is 0 Å². The van der Waals surface area contributed by atoms with Crippen molar-refractivity contribution < 1.29 is 14.6 Å². The molecule has 4 heteroatoms. The molecule has 1 saturated heterocycles. The predicted octanol–water partition coefficient (Wildman–Crippen LogP) is 2.60. The molecule has 1 saturated carbocycles. The molecule has 0 amide bonds. The van der Waals surface area contributed by atoms with Crippen molar-refractivity contribution in [2.75, 3.05) is 19.7 Å². The van der Waals surface area contributed by atoms with Crippen LogP contribution in [0.15, 0.2) is 30.3 Å². The average Bonchev–Trinajstić information content (AvgIpc) is 2.56. The molecule has 1 aliphatic heterocycles. The first kappa shape index (κ1) is 16.5. The summed E-state index contributed by atoms with van der Waals surface area (Å²) < 4.78 is 5.43. The summed E-state index contributed by atoms with van der Waals surface area (Å²) in [6, 6.07) is 10.4. The molecule has 0 aromatic heterocycles. The Kier molecular flexibility index (Phi) is 5.02. The summed E-state index contributed by atoms with van der Waals surface area (Å²) in [4.78, 5) is 15.1. The molecule has 2 aliphatic rings. The lowest BCUT2D eigenvalue weighted by Crippen LogP contribution is -2.56. The molecule has 3 rings (SSSR count). The van der Waals surface area contributed by atoms with Gasteiger partial charge in [-0.15, -0.1) is 0 Å². The zero-order chi connectivity index (χ0) is 16.3. The SMILES string of the molecule is CCOC(=O)[C@@]12CC[C@H](O)C[C@@H]1CCN(Cc1ccccc1)C2. The minimum absolute atomic E-state index is 0.0605. The monoisotopic (exact) mass is 317 g/mol. The van der Waals surface area contributed by atoms with E-state index in [4.69, 9.17) is 4.74 Å². The summed E-state index contributed by atoms with van der Waals surface area (Å²) in [6.45, 7) is 4.89. The molecule has 1 aromatic carbocycles. The third-order valence-corrected chi connectivity index (χ3v) is 5.49. The number of carbonyl (C=O) groups is 1. The number of benzene rings is 1. The lowest BCUT2D eigenvalue weighted by atomic mass is 9.62. The van der Waals surface area contributed by atoms with E-state index in [1.54, 1.807) is 0 Å². The molecule has 0 radical (unpaired) electrons. The Hall–Kier alpha value is -1.39. The van der Waals surface area contributed by atoms with E-state index in [2.05, 4.69) is 29.2 Å². The highest BCUT2D eigenvalue weighted by molar-refractivity contribution is 5.78. The topological polar surface area (TPSA) is 49.8 Å². The van der Waals surface area contributed by atoms with Gasteiger partial charge in [0.1, 0.15) is 0 Å². The normalized spacial score (nSPS) is 31.4. The van der Waals surface area contributed by atoms with E-state index in [1.807, 2.05) is 13.0 Å². The fourth-order valence-corrected chi connectivity index (χ4v) is 4.30. The van der Waals surface area contributed by atoms with E-state index in [9.17, 15) is 9.90 Å².